The zero-order chi connectivity index (χ0) is 11.8. The third-order valence-corrected chi connectivity index (χ3v) is 4.20. The van der Waals surface area contributed by atoms with E-state index in [0.717, 1.165) is 24.8 Å². The number of allylic oxidation sites excluding steroid dienone is 1. The van der Waals surface area contributed by atoms with Crippen molar-refractivity contribution in [1.82, 2.24) is 0 Å². The minimum atomic E-state index is -1.04. The van der Waals surface area contributed by atoms with Gasteiger partial charge in [0, 0.05) is 5.41 Å². The van der Waals surface area contributed by atoms with Gasteiger partial charge in [0.05, 0.1) is 5.71 Å². The van der Waals surface area contributed by atoms with E-state index in [0.29, 0.717) is 18.6 Å². The van der Waals surface area contributed by atoms with Crippen molar-refractivity contribution in [3.63, 3.8) is 0 Å². The van der Waals surface area contributed by atoms with Gasteiger partial charge in [-0.15, -0.1) is 6.42 Å². The Labute approximate surface area is 95.9 Å². The van der Waals surface area contributed by atoms with Gasteiger partial charge in [-0.05, 0) is 38.2 Å². The second-order valence-electron chi connectivity index (χ2n) is 4.95. The Balaban J connectivity index is 2.46. The predicted molar refractivity (Wildman–Crippen MR) is 62.3 cm³/mol. The normalized spacial score (nSPS) is 41.1. The van der Waals surface area contributed by atoms with E-state index in [9.17, 15) is 5.11 Å². The Hall–Kier alpha value is -1.27. The molecule has 16 heavy (non-hydrogen) atoms. The molecule has 1 fully saturated rings. The van der Waals surface area contributed by atoms with E-state index in [2.05, 4.69) is 11.1 Å². The highest BCUT2D eigenvalue weighted by molar-refractivity contribution is 5.96. The molecule has 0 amide bonds. The van der Waals surface area contributed by atoms with Crippen molar-refractivity contribution in [3.8, 4) is 12.3 Å². The molecule has 2 atom stereocenters. The van der Waals surface area contributed by atoms with Gasteiger partial charge in [0.25, 0.3) is 0 Å². The summed E-state index contributed by atoms with van der Waals surface area (Å²) >= 11 is 0. The second kappa shape index (κ2) is 3.64. The van der Waals surface area contributed by atoms with Crippen LogP contribution in [-0.4, -0.2) is 21.6 Å². The van der Waals surface area contributed by atoms with Crippen molar-refractivity contribution in [2.45, 2.75) is 44.6 Å². The maximum Gasteiger partial charge on any atom is 0.134 e. The first kappa shape index (κ1) is 11.2. The molecule has 0 aromatic heterocycles. The number of rotatable bonds is 0. The summed E-state index contributed by atoms with van der Waals surface area (Å²) in [4.78, 5) is 0. The molecule has 0 spiro atoms. The molecule has 2 aliphatic carbocycles. The van der Waals surface area contributed by atoms with Gasteiger partial charge in [-0.3, -0.25) is 0 Å². The van der Waals surface area contributed by atoms with Crippen LogP contribution >= 0.6 is 0 Å². The van der Waals surface area contributed by atoms with Crippen LogP contribution in [0.25, 0.3) is 0 Å². The average molecular weight is 219 g/mol. The first-order valence-corrected chi connectivity index (χ1v) is 5.68. The molecule has 3 nitrogen and oxygen atoms in total. The Kier molecular flexibility index (Phi) is 2.55. The number of fused-ring (bicyclic) bond motifs is 1. The van der Waals surface area contributed by atoms with Gasteiger partial charge < -0.3 is 10.3 Å². The van der Waals surface area contributed by atoms with Crippen molar-refractivity contribution in [1.29, 1.82) is 0 Å². The predicted octanol–water partition coefficient (Wildman–Crippen LogP) is 2.09. The fraction of sp³-hybridized carbons (Fsp3) is 0.615. The Morgan fingerprint density at radius 1 is 1.44 bits per heavy atom. The molecule has 1 saturated carbocycles. The van der Waals surface area contributed by atoms with Crippen LogP contribution in [0.3, 0.4) is 0 Å². The minimum Gasteiger partial charge on any atom is -0.411 e. The second-order valence-corrected chi connectivity index (χ2v) is 4.95. The zero-order valence-corrected chi connectivity index (χ0v) is 9.53. The van der Waals surface area contributed by atoms with E-state index in [1.54, 1.807) is 0 Å². The standard InChI is InChI=1S/C13H17NO2/c1-3-13(15)7-4-5-10-9-11(14-16)6-8-12(10,13)2/h1,9,15-16H,4-8H2,2H3/t12-,13-/m0/s1. The van der Waals surface area contributed by atoms with Gasteiger partial charge in [0.1, 0.15) is 5.60 Å². The first-order valence-electron chi connectivity index (χ1n) is 5.68. The Bertz CT molecular complexity index is 405. The monoisotopic (exact) mass is 219 g/mol. The van der Waals surface area contributed by atoms with Gasteiger partial charge in [0.2, 0.25) is 0 Å². The maximum atomic E-state index is 10.5. The molecule has 0 aromatic carbocycles. The zero-order valence-electron chi connectivity index (χ0n) is 9.53. The van der Waals surface area contributed by atoms with Crippen molar-refractivity contribution < 1.29 is 10.3 Å². The molecular weight excluding hydrogens is 202 g/mol. The van der Waals surface area contributed by atoms with Crippen LogP contribution in [0.1, 0.15) is 39.0 Å². The van der Waals surface area contributed by atoms with Crippen LogP contribution in [0.4, 0.5) is 0 Å². The van der Waals surface area contributed by atoms with Crippen LogP contribution < -0.4 is 0 Å². The van der Waals surface area contributed by atoms with Crippen LogP contribution in [0.5, 0.6) is 0 Å². The number of terminal acetylenes is 1. The SMILES string of the molecule is C#C[C@]1(O)CCCC2=CC(=NO)CC[C@@]21C. The van der Waals surface area contributed by atoms with Crippen LogP contribution in [-0.2, 0) is 0 Å². The lowest BCUT2D eigenvalue weighted by atomic mass is 9.57. The number of oxime groups is 1. The molecule has 3 heteroatoms. The maximum absolute atomic E-state index is 10.5. The molecule has 86 valence electrons. The molecule has 0 aliphatic heterocycles. The van der Waals surface area contributed by atoms with E-state index in [1.807, 2.05) is 13.0 Å². The first-order chi connectivity index (χ1) is 7.55. The summed E-state index contributed by atoms with van der Waals surface area (Å²) in [5, 5.41) is 22.6. The topological polar surface area (TPSA) is 52.8 Å². The summed E-state index contributed by atoms with van der Waals surface area (Å²) in [6.07, 6.45) is 11.3. The molecule has 0 aromatic rings. The summed E-state index contributed by atoms with van der Waals surface area (Å²) in [7, 11) is 0. The van der Waals surface area contributed by atoms with Crippen LogP contribution in [0, 0.1) is 17.8 Å². The molecule has 2 rings (SSSR count). The van der Waals surface area contributed by atoms with Crippen LogP contribution in [0.2, 0.25) is 0 Å². The van der Waals surface area contributed by atoms with E-state index in [4.69, 9.17) is 11.6 Å². The van der Waals surface area contributed by atoms with E-state index >= 15 is 0 Å². The van der Waals surface area contributed by atoms with Crippen molar-refractivity contribution in [3.05, 3.63) is 11.6 Å². The lowest BCUT2D eigenvalue weighted by molar-refractivity contribution is -0.0324. The number of hydrogen-bond acceptors (Lipinski definition) is 3. The highest BCUT2D eigenvalue weighted by atomic mass is 16.4. The molecule has 0 radical (unpaired) electrons. The highest BCUT2D eigenvalue weighted by Gasteiger charge is 2.51. The molecule has 0 saturated heterocycles. The summed E-state index contributed by atoms with van der Waals surface area (Å²) in [6.45, 7) is 2.02. The van der Waals surface area contributed by atoms with Crippen molar-refractivity contribution in [2.75, 3.05) is 0 Å². The number of nitrogens with zero attached hydrogens (tertiary/aromatic N) is 1. The minimum absolute atomic E-state index is 0.353. The highest BCUT2D eigenvalue weighted by Crippen LogP contribution is 2.52. The lowest BCUT2D eigenvalue weighted by Gasteiger charge is -2.49. The molecular formula is C13H17NO2. The Morgan fingerprint density at radius 3 is 2.81 bits per heavy atom. The third kappa shape index (κ3) is 1.37. The fourth-order valence-corrected chi connectivity index (χ4v) is 2.91. The summed E-state index contributed by atoms with van der Waals surface area (Å²) in [5.41, 5.74) is 0.415. The molecule has 2 N–H and O–H groups in total. The largest absolute Gasteiger partial charge is 0.411 e. The van der Waals surface area contributed by atoms with Crippen LogP contribution in [0.15, 0.2) is 16.8 Å². The van der Waals surface area contributed by atoms with Gasteiger partial charge in [-0.25, -0.2) is 0 Å². The fourth-order valence-electron chi connectivity index (χ4n) is 2.91. The van der Waals surface area contributed by atoms with E-state index in [-0.39, 0.29) is 5.41 Å². The smallest absolute Gasteiger partial charge is 0.134 e. The van der Waals surface area contributed by atoms with Gasteiger partial charge >= 0.3 is 0 Å². The average Bonchev–Trinajstić information content (AvgIpc) is 2.30. The number of hydrogen-bond donors (Lipinski definition) is 2. The summed E-state index contributed by atoms with van der Waals surface area (Å²) in [5.74, 6) is 2.57. The summed E-state index contributed by atoms with van der Waals surface area (Å²) < 4.78 is 0. The number of aliphatic hydroxyl groups is 1. The molecule has 0 unspecified atom stereocenters. The van der Waals surface area contributed by atoms with Crippen molar-refractivity contribution in [2.24, 2.45) is 10.6 Å². The molecule has 0 heterocycles. The molecule has 0 bridgehead atoms. The van der Waals surface area contributed by atoms with E-state index in [1.165, 1.54) is 0 Å². The van der Waals surface area contributed by atoms with Gasteiger partial charge in [0.15, 0.2) is 0 Å². The molecule has 2 aliphatic rings. The van der Waals surface area contributed by atoms with E-state index < -0.39 is 5.60 Å². The van der Waals surface area contributed by atoms with Gasteiger partial charge in [-0.1, -0.05) is 23.6 Å². The van der Waals surface area contributed by atoms with Gasteiger partial charge in [-0.2, -0.15) is 0 Å². The quantitative estimate of drug-likeness (QED) is 0.372. The third-order valence-electron chi connectivity index (χ3n) is 4.20. The lowest BCUT2D eigenvalue weighted by Crippen LogP contribution is -2.50. The van der Waals surface area contributed by atoms with Crippen molar-refractivity contribution >= 4 is 5.71 Å². The summed E-state index contributed by atoms with van der Waals surface area (Å²) in [6, 6.07) is 0. The Morgan fingerprint density at radius 2 is 2.19 bits per heavy atom.